The summed E-state index contributed by atoms with van der Waals surface area (Å²) in [7, 11) is 1.61. The fourth-order valence-corrected chi connectivity index (χ4v) is 2.15. The van der Waals surface area contributed by atoms with Crippen molar-refractivity contribution >= 4 is 21.7 Å². The van der Waals surface area contributed by atoms with Crippen LogP contribution in [0.25, 0.3) is 0 Å². The summed E-state index contributed by atoms with van der Waals surface area (Å²) < 4.78 is 11.2. The molecule has 0 N–H and O–H groups in total. The number of Topliss-reactive ketones (excluding diaryl/α,β-unsaturated/α-hetero) is 1. The van der Waals surface area contributed by atoms with Gasteiger partial charge in [-0.2, -0.15) is 0 Å². The van der Waals surface area contributed by atoms with E-state index in [1.807, 2.05) is 12.1 Å². The largest absolute Gasteiger partial charge is 0.496 e. The first kappa shape index (κ1) is 10.6. The summed E-state index contributed by atoms with van der Waals surface area (Å²) in [5, 5.41) is 0. The Morgan fingerprint density at radius 1 is 1.47 bits per heavy atom. The van der Waals surface area contributed by atoms with Crippen LogP contribution in [-0.2, 0) is 11.2 Å². The van der Waals surface area contributed by atoms with Gasteiger partial charge in [-0.3, -0.25) is 4.79 Å². The van der Waals surface area contributed by atoms with Gasteiger partial charge in [0.25, 0.3) is 0 Å². The van der Waals surface area contributed by atoms with Crippen LogP contribution in [-0.4, -0.2) is 26.1 Å². The van der Waals surface area contributed by atoms with Crippen LogP contribution in [0.4, 0.5) is 0 Å². The molecule has 4 heteroatoms. The highest BCUT2D eigenvalue weighted by atomic mass is 79.9. The number of ketones is 1. The maximum absolute atomic E-state index is 11.7. The first-order valence-electron chi connectivity index (χ1n) is 4.69. The summed E-state index contributed by atoms with van der Waals surface area (Å²) in [6.45, 7) is 0.759. The number of hydrogen-bond acceptors (Lipinski definition) is 3. The predicted molar refractivity (Wildman–Crippen MR) is 59.5 cm³/mol. The number of carbonyl (C=O) groups is 1. The van der Waals surface area contributed by atoms with Crippen molar-refractivity contribution in [2.75, 3.05) is 20.3 Å². The Morgan fingerprint density at radius 3 is 3.00 bits per heavy atom. The van der Waals surface area contributed by atoms with Gasteiger partial charge in [-0.15, -0.1) is 0 Å². The van der Waals surface area contributed by atoms with Gasteiger partial charge < -0.3 is 9.47 Å². The van der Waals surface area contributed by atoms with Crippen LogP contribution < -0.4 is 4.74 Å². The number of hydrogen-bond donors (Lipinski definition) is 0. The average molecular weight is 271 g/mol. The lowest BCUT2D eigenvalue weighted by molar-refractivity contribution is 0.0788. The molecule has 1 aromatic rings. The van der Waals surface area contributed by atoms with Crippen molar-refractivity contribution in [1.82, 2.24) is 0 Å². The Kier molecular flexibility index (Phi) is 3.07. The van der Waals surface area contributed by atoms with Gasteiger partial charge in [-0.25, -0.2) is 0 Å². The maximum Gasteiger partial charge on any atom is 0.188 e. The highest BCUT2D eigenvalue weighted by Crippen LogP contribution is 2.30. The van der Waals surface area contributed by atoms with Gasteiger partial charge in [0, 0.05) is 5.56 Å². The van der Waals surface area contributed by atoms with Crippen molar-refractivity contribution in [3.8, 4) is 5.75 Å². The van der Waals surface area contributed by atoms with Gasteiger partial charge in [0.15, 0.2) is 5.78 Å². The van der Waals surface area contributed by atoms with E-state index in [9.17, 15) is 4.79 Å². The number of fused-ring (bicyclic) bond motifs is 1. The molecule has 0 bridgehead atoms. The smallest absolute Gasteiger partial charge is 0.188 e. The molecule has 0 unspecified atom stereocenters. The lowest BCUT2D eigenvalue weighted by Gasteiger charge is -2.08. The Labute approximate surface area is 96.5 Å². The Morgan fingerprint density at radius 2 is 2.27 bits per heavy atom. The molecule has 1 heterocycles. The lowest BCUT2D eigenvalue weighted by atomic mass is 10.0. The van der Waals surface area contributed by atoms with Crippen LogP contribution in [0.1, 0.15) is 15.9 Å². The van der Waals surface area contributed by atoms with Gasteiger partial charge in [0.1, 0.15) is 12.4 Å². The quantitative estimate of drug-likeness (QED) is 0.785. The zero-order valence-electron chi connectivity index (χ0n) is 8.38. The summed E-state index contributed by atoms with van der Waals surface area (Å²) in [5.74, 6) is 0.786. The number of halogens is 1. The van der Waals surface area contributed by atoms with E-state index in [0.29, 0.717) is 6.61 Å². The minimum Gasteiger partial charge on any atom is -0.496 e. The molecule has 1 aliphatic rings. The van der Waals surface area contributed by atoms with Crippen LogP contribution in [0.3, 0.4) is 0 Å². The summed E-state index contributed by atoms with van der Waals surface area (Å²) in [6, 6.07) is 3.71. The van der Waals surface area contributed by atoms with E-state index < -0.39 is 0 Å². The SMILES string of the molecule is COc1cc2c(cc1Br)C(=O)COCC2. The highest BCUT2D eigenvalue weighted by molar-refractivity contribution is 9.10. The molecular formula is C11H11BrO3. The summed E-state index contributed by atoms with van der Waals surface area (Å²) in [6.07, 6.45) is 0.755. The second kappa shape index (κ2) is 4.33. The Balaban J connectivity index is 2.51. The average Bonchev–Trinajstić information content (AvgIpc) is 2.40. The molecule has 0 saturated heterocycles. The van der Waals surface area contributed by atoms with Crippen LogP contribution in [0.15, 0.2) is 16.6 Å². The van der Waals surface area contributed by atoms with Crippen molar-refractivity contribution in [3.05, 3.63) is 27.7 Å². The molecule has 0 atom stereocenters. The van der Waals surface area contributed by atoms with E-state index in [4.69, 9.17) is 9.47 Å². The molecule has 3 nitrogen and oxygen atoms in total. The standard InChI is InChI=1S/C11H11BrO3/c1-14-11-4-7-2-3-15-6-10(13)8(7)5-9(11)12/h4-5H,2-3,6H2,1H3. The van der Waals surface area contributed by atoms with Crippen LogP contribution >= 0.6 is 15.9 Å². The topological polar surface area (TPSA) is 35.5 Å². The van der Waals surface area contributed by atoms with Crippen LogP contribution in [0.5, 0.6) is 5.75 Å². The third-order valence-corrected chi connectivity index (χ3v) is 3.05. The van der Waals surface area contributed by atoms with Crippen LogP contribution in [0.2, 0.25) is 0 Å². The third kappa shape index (κ3) is 2.06. The first-order valence-corrected chi connectivity index (χ1v) is 5.49. The van der Waals surface area contributed by atoms with Crippen molar-refractivity contribution in [3.63, 3.8) is 0 Å². The number of ether oxygens (including phenoxy) is 2. The predicted octanol–water partition coefficient (Wildman–Crippen LogP) is 2.21. The zero-order chi connectivity index (χ0) is 10.8. The number of rotatable bonds is 1. The van der Waals surface area contributed by atoms with Crippen LogP contribution in [0, 0.1) is 0 Å². The molecule has 15 heavy (non-hydrogen) atoms. The minimum atomic E-state index is 0.0332. The Hall–Kier alpha value is -0.870. The molecular weight excluding hydrogens is 260 g/mol. The second-order valence-electron chi connectivity index (χ2n) is 3.37. The summed E-state index contributed by atoms with van der Waals surface area (Å²) >= 11 is 3.37. The second-order valence-corrected chi connectivity index (χ2v) is 4.22. The zero-order valence-corrected chi connectivity index (χ0v) is 9.96. The molecule has 1 aromatic carbocycles. The maximum atomic E-state index is 11.7. The van der Waals surface area contributed by atoms with E-state index in [0.717, 1.165) is 27.8 Å². The molecule has 0 spiro atoms. The van der Waals surface area contributed by atoms with Gasteiger partial charge in [-0.1, -0.05) is 0 Å². The van der Waals surface area contributed by atoms with Crippen molar-refractivity contribution in [2.24, 2.45) is 0 Å². The monoisotopic (exact) mass is 270 g/mol. The van der Waals surface area contributed by atoms with E-state index >= 15 is 0 Å². The minimum absolute atomic E-state index is 0.0332. The number of carbonyl (C=O) groups excluding carboxylic acids is 1. The summed E-state index contributed by atoms with van der Waals surface area (Å²) in [4.78, 5) is 11.7. The van der Waals surface area contributed by atoms with Crippen molar-refractivity contribution in [1.29, 1.82) is 0 Å². The number of benzene rings is 1. The molecule has 0 aliphatic carbocycles. The summed E-state index contributed by atoms with van der Waals surface area (Å²) in [5.41, 5.74) is 1.73. The fraction of sp³-hybridized carbons (Fsp3) is 0.364. The lowest BCUT2D eigenvalue weighted by Crippen LogP contribution is -2.06. The van der Waals surface area contributed by atoms with Gasteiger partial charge in [0.05, 0.1) is 18.2 Å². The first-order chi connectivity index (χ1) is 7.22. The van der Waals surface area contributed by atoms with Gasteiger partial charge in [-0.05, 0) is 40.0 Å². The Bertz CT molecular complexity index is 401. The number of methoxy groups -OCH3 is 1. The molecule has 80 valence electrons. The van der Waals surface area contributed by atoms with E-state index in [2.05, 4.69) is 15.9 Å². The normalized spacial score (nSPS) is 15.7. The molecule has 2 rings (SSSR count). The third-order valence-electron chi connectivity index (χ3n) is 2.43. The highest BCUT2D eigenvalue weighted by Gasteiger charge is 2.18. The molecule has 0 saturated carbocycles. The van der Waals surface area contributed by atoms with Crippen molar-refractivity contribution < 1.29 is 14.3 Å². The van der Waals surface area contributed by atoms with E-state index in [1.165, 1.54) is 0 Å². The fourth-order valence-electron chi connectivity index (χ4n) is 1.64. The van der Waals surface area contributed by atoms with Crippen molar-refractivity contribution in [2.45, 2.75) is 6.42 Å². The van der Waals surface area contributed by atoms with Gasteiger partial charge in [0.2, 0.25) is 0 Å². The van der Waals surface area contributed by atoms with E-state index in [1.54, 1.807) is 7.11 Å². The molecule has 0 radical (unpaired) electrons. The van der Waals surface area contributed by atoms with E-state index in [-0.39, 0.29) is 12.4 Å². The molecule has 0 aromatic heterocycles. The molecule has 0 amide bonds. The van der Waals surface area contributed by atoms with Gasteiger partial charge >= 0.3 is 0 Å². The molecule has 0 fully saturated rings. The molecule has 1 aliphatic heterocycles.